The maximum atomic E-state index is 5.85. The summed E-state index contributed by atoms with van der Waals surface area (Å²) in [4.78, 5) is 15.9. The topological polar surface area (TPSA) is 51.1 Å². The number of likely N-dealkylation sites (N-methyl/N-ethyl adjacent to an activating group) is 1. The number of nitrogens with zero attached hydrogens (tertiary/aromatic N) is 4. The summed E-state index contributed by atoms with van der Waals surface area (Å²) in [7, 11) is 0. The molecular weight excluding hydrogens is 240 g/mol. The van der Waals surface area contributed by atoms with Crippen LogP contribution in [0, 0.1) is 13.8 Å². The van der Waals surface area contributed by atoms with Gasteiger partial charge in [0.2, 0.25) is 5.88 Å². The Labute approximate surface area is 112 Å². The van der Waals surface area contributed by atoms with Gasteiger partial charge in [-0.25, -0.2) is 15.0 Å². The van der Waals surface area contributed by atoms with Crippen molar-refractivity contribution in [3.05, 3.63) is 17.6 Å². The summed E-state index contributed by atoms with van der Waals surface area (Å²) in [5.41, 5.74) is 1.83. The largest absolute Gasteiger partial charge is 0.475 e. The number of aromatic nitrogens is 3. The molecule has 0 saturated heterocycles. The highest BCUT2D eigenvalue weighted by Crippen LogP contribution is 2.34. The van der Waals surface area contributed by atoms with Crippen LogP contribution in [-0.2, 0) is 0 Å². The van der Waals surface area contributed by atoms with Crippen LogP contribution in [0.2, 0.25) is 0 Å². The Morgan fingerprint density at radius 1 is 1.32 bits per heavy atom. The molecule has 19 heavy (non-hydrogen) atoms. The summed E-state index contributed by atoms with van der Waals surface area (Å²) in [6, 6.07) is 2.27. The second-order valence-electron chi connectivity index (χ2n) is 5.00. The van der Waals surface area contributed by atoms with Gasteiger partial charge in [-0.2, -0.15) is 0 Å². The summed E-state index contributed by atoms with van der Waals surface area (Å²) in [6.07, 6.45) is 0. The Hall–Kier alpha value is -1.91. The van der Waals surface area contributed by atoms with Crippen molar-refractivity contribution in [2.75, 3.05) is 18.1 Å². The first-order valence-electron chi connectivity index (χ1n) is 6.65. The fraction of sp³-hybridized carbons (Fsp3) is 0.500. The maximum Gasteiger partial charge on any atom is 0.227 e. The molecule has 5 nitrogen and oxygen atoms in total. The molecular formula is C14H18N4O. The van der Waals surface area contributed by atoms with Gasteiger partial charge in [-0.05, 0) is 33.8 Å². The lowest BCUT2D eigenvalue weighted by atomic mass is 10.2. The van der Waals surface area contributed by atoms with Gasteiger partial charge in [-0.3, -0.25) is 0 Å². The minimum absolute atomic E-state index is 0.275. The number of pyridine rings is 1. The normalized spacial score (nSPS) is 18.3. The second kappa shape index (κ2) is 4.33. The monoisotopic (exact) mass is 258 g/mol. The van der Waals surface area contributed by atoms with E-state index in [9.17, 15) is 0 Å². The highest BCUT2D eigenvalue weighted by Gasteiger charge is 2.25. The molecule has 0 aliphatic carbocycles. The summed E-state index contributed by atoms with van der Waals surface area (Å²) >= 11 is 0. The van der Waals surface area contributed by atoms with E-state index >= 15 is 0 Å². The van der Waals surface area contributed by atoms with Gasteiger partial charge in [0.1, 0.15) is 23.6 Å². The Bertz CT molecular complexity index is 636. The standard InChI is InChI=1S/C14H18N4O/c1-5-18-9(3)7-19-14-12-11(6-8(2)15-14)16-10(4)17-13(12)18/h6,9H,5,7H2,1-4H3/t9-/m0/s1. The van der Waals surface area contributed by atoms with Crippen LogP contribution >= 0.6 is 0 Å². The van der Waals surface area contributed by atoms with Gasteiger partial charge in [-0.15, -0.1) is 0 Å². The molecule has 1 aliphatic heterocycles. The zero-order chi connectivity index (χ0) is 13.6. The molecule has 0 fully saturated rings. The first-order chi connectivity index (χ1) is 9.10. The fourth-order valence-corrected chi connectivity index (χ4v) is 2.61. The van der Waals surface area contributed by atoms with Crippen LogP contribution < -0.4 is 9.64 Å². The zero-order valence-corrected chi connectivity index (χ0v) is 11.8. The molecule has 0 bridgehead atoms. The molecule has 1 atom stereocenters. The number of hydrogen-bond donors (Lipinski definition) is 0. The highest BCUT2D eigenvalue weighted by molar-refractivity contribution is 5.94. The van der Waals surface area contributed by atoms with Crippen LogP contribution in [-0.4, -0.2) is 34.1 Å². The van der Waals surface area contributed by atoms with Crippen molar-refractivity contribution in [3.63, 3.8) is 0 Å². The van der Waals surface area contributed by atoms with Crippen molar-refractivity contribution in [3.8, 4) is 5.88 Å². The molecule has 0 radical (unpaired) electrons. The molecule has 0 saturated carbocycles. The zero-order valence-electron chi connectivity index (χ0n) is 11.8. The van der Waals surface area contributed by atoms with Crippen molar-refractivity contribution in [1.29, 1.82) is 0 Å². The van der Waals surface area contributed by atoms with Gasteiger partial charge < -0.3 is 9.64 Å². The third-order valence-electron chi connectivity index (χ3n) is 3.47. The highest BCUT2D eigenvalue weighted by atomic mass is 16.5. The summed E-state index contributed by atoms with van der Waals surface area (Å²) in [5.74, 6) is 2.39. The van der Waals surface area contributed by atoms with Crippen LogP contribution in [0.3, 0.4) is 0 Å². The van der Waals surface area contributed by atoms with Crippen molar-refractivity contribution < 1.29 is 4.74 Å². The fourth-order valence-electron chi connectivity index (χ4n) is 2.61. The van der Waals surface area contributed by atoms with Gasteiger partial charge in [0, 0.05) is 12.2 Å². The molecule has 0 spiro atoms. The summed E-state index contributed by atoms with van der Waals surface area (Å²) < 4.78 is 5.85. The minimum Gasteiger partial charge on any atom is -0.475 e. The van der Waals surface area contributed by atoms with Crippen LogP contribution in [0.1, 0.15) is 25.4 Å². The molecule has 0 amide bonds. The minimum atomic E-state index is 0.275. The Balaban J connectivity index is 2.38. The Morgan fingerprint density at radius 2 is 2.11 bits per heavy atom. The smallest absolute Gasteiger partial charge is 0.227 e. The average molecular weight is 258 g/mol. The van der Waals surface area contributed by atoms with Gasteiger partial charge in [0.05, 0.1) is 11.6 Å². The molecule has 100 valence electrons. The van der Waals surface area contributed by atoms with E-state index < -0.39 is 0 Å². The first-order valence-corrected chi connectivity index (χ1v) is 6.65. The van der Waals surface area contributed by atoms with Crippen molar-refractivity contribution in [2.45, 2.75) is 33.7 Å². The van der Waals surface area contributed by atoms with Gasteiger partial charge in [-0.1, -0.05) is 0 Å². The lowest BCUT2D eigenvalue weighted by Crippen LogP contribution is -2.36. The van der Waals surface area contributed by atoms with Gasteiger partial charge in [0.25, 0.3) is 0 Å². The predicted molar refractivity (Wildman–Crippen MR) is 74.8 cm³/mol. The Morgan fingerprint density at radius 3 is 2.84 bits per heavy atom. The molecule has 2 aromatic rings. The third kappa shape index (κ3) is 1.89. The quantitative estimate of drug-likeness (QED) is 0.785. The molecule has 1 aliphatic rings. The Kier molecular flexibility index (Phi) is 2.77. The number of anilines is 1. The molecule has 5 heteroatoms. The van der Waals surface area contributed by atoms with Crippen LogP contribution in [0.15, 0.2) is 6.07 Å². The number of hydrogen-bond acceptors (Lipinski definition) is 5. The SMILES string of the molecule is CCN1c2nc(C)nc3cc(C)nc(c23)OC[C@@H]1C. The molecule has 3 heterocycles. The van der Waals surface area contributed by atoms with E-state index in [2.05, 4.69) is 33.7 Å². The van der Waals surface area contributed by atoms with E-state index in [0.29, 0.717) is 12.5 Å². The van der Waals surface area contributed by atoms with Crippen LogP contribution in [0.25, 0.3) is 10.9 Å². The van der Waals surface area contributed by atoms with Gasteiger partial charge in [0.15, 0.2) is 0 Å². The molecule has 3 rings (SSSR count). The van der Waals surface area contributed by atoms with E-state index in [0.717, 1.165) is 34.8 Å². The molecule has 0 unspecified atom stereocenters. The molecule has 0 aromatic carbocycles. The summed E-state index contributed by atoms with van der Waals surface area (Å²) in [5, 5.41) is 0.933. The third-order valence-corrected chi connectivity index (χ3v) is 3.47. The second-order valence-corrected chi connectivity index (χ2v) is 5.00. The van der Waals surface area contributed by atoms with Crippen molar-refractivity contribution >= 4 is 16.7 Å². The number of ether oxygens (including phenoxy) is 1. The van der Waals surface area contributed by atoms with Crippen molar-refractivity contribution in [1.82, 2.24) is 15.0 Å². The van der Waals surface area contributed by atoms with Crippen molar-refractivity contribution in [2.24, 2.45) is 0 Å². The van der Waals surface area contributed by atoms with Crippen LogP contribution in [0.4, 0.5) is 5.82 Å². The van der Waals surface area contributed by atoms with Gasteiger partial charge >= 0.3 is 0 Å². The van der Waals surface area contributed by atoms with E-state index in [1.807, 2.05) is 19.9 Å². The van der Waals surface area contributed by atoms with E-state index in [-0.39, 0.29) is 6.04 Å². The summed E-state index contributed by atoms with van der Waals surface area (Å²) in [6.45, 7) is 9.67. The average Bonchev–Trinajstić information content (AvgIpc) is 2.47. The van der Waals surface area contributed by atoms with E-state index in [4.69, 9.17) is 4.74 Å². The van der Waals surface area contributed by atoms with E-state index in [1.54, 1.807) is 0 Å². The van der Waals surface area contributed by atoms with E-state index in [1.165, 1.54) is 0 Å². The number of aryl methyl sites for hydroxylation is 2. The lowest BCUT2D eigenvalue weighted by molar-refractivity contribution is 0.287. The first kappa shape index (κ1) is 12.1. The number of rotatable bonds is 1. The predicted octanol–water partition coefficient (Wildman–Crippen LogP) is 2.25. The van der Waals surface area contributed by atoms with Crippen LogP contribution in [0.5, 0.6) is 5.88 Å². The molecule has 2 aromatic heterocycles. The molecule has 0 N–H and O–H groups in total. The lowest BCUT2D eigenvalue weighted by Gasteiger charge is -2.26. The maximum absolute atomic E-state index is 5.85.